The maximum Gasteiger partial charge on any atom is 0.335 e. The SMILES string of the molecule is Cn1c(C2CCCCS2)nc2cc(C(=O)O)ccc21. The predicted octanol–water partition coefficient (Wildman–Crippen LogP) is 3.23. The second kappa shape index (κ2) is 4.89. The number of carboxylic acids is 1. The molecule has 1 atom stereocenters. The van der Waals surface area contributed by atoms with Crippen LogP contribution in [0.2, 0.25) is 0 Å². The van der Waals surface area contributed by atoms with E-state index in [1.165, 1.54) is 18.6 Å². The van der Waals surface area contributed by atoms with Crippen LogP contribution in [0.1, 0.15) is 40.7 Å². The Balaban J connectivity index is 2.06. The molecule has 2 aromatic rings. The van der Waals surface area contributed by atoms with Crippen LogP contribution in [0, 0.1) is 0 Å². The minimum Gasteiger partial charge on any atom is -0.478 e. The van der Waals surface area contributed by atoms with E-state index in [0.717, 1.165) is 23.3 Å². The van der Waals surface area contributed by atoms with Crippen molar-refractivity contribution in [2.75, 3.05) is 5.75 Å². The van der Waals surface area contributed by atoms with Crippen LogP contribution in [-0.4, -0.2) is 26.4 Å². The van der Waals surface area contributed by atoms with Crippen LogP contribution < -0.4 is 0 Å². The van der Waals surface area contributed by atoms with Gasteiger partial charge in [-0.1, -0.05) is 6.42 Å². The zero-order valence-corrected chi connectivity index (χ0v) is 11.6. The summed E-state index contributed by atoms with van der Waals surface area (Å²) in [6.07, 6.45) is 3.70. The Hall–Kier alpha value is -1.49. The quantitative estimate of drug-likeness (QED) is 0.915. The number of aromatic carboxylic acids is 1. The molecule has 0 saturated carbocycles. The number of imidazole rings is 1. The van der Waals surface area contributed by atoms with Crippen molar-refractivity contribution in [2.45, 2.75) is 24.5 Å². The van der Waals surface area contributed by atoms with Crippen molar-refractivity contribution in [3.63, 3.8) is 0 Å². The fourth-order valence-electron chi connectivity index (χ4n) is 2.58. The first-order valence-corrected chi connectivity index (χ1v) is 7.53. The van der Waals surface area contributed by atoms with Gasteiger partial charge in [-0.25, -0.2) is 9.78 Å². The Kier molecular flexibility index (Phi) is 3.22. The monoisotopic (exact) mass is 276 g/mol. The molecule has 2 heterocycles. The number of hydrogen-bond donors (Lipinski definition) is 1. The number of aryl methyl sites for hydroxylation is 1. The van der Waals surface area contributed by atoms with E-state index in [9.17, 15) is 4.79 Å². The average molecular weight is 276 g/mol. The molecule has 5 heteroatoms. The van der Waals surface area contributed by atoms with Gasteiger partial charge >= 0.3 is 5.97 Å². The highest BCUT2D eigenvalue weighted by Gasteiger charge is 2.22. The summed E-state index contributed by atoms with van der Waals surface area (Å²) in [6.45, 7) is 0. The third kappa shape index (κ3) is 2.23. The highest BCUT2D eigenvalue weighted by atomic mass is 32.2. The maximum atomic E-state index is 11.0. The van der Waals surface area contributed by atoms with Gasteiger partial charge in [0.1, 0.15) is 5.82 Å². The van der Waals surface area contributed by atoms with Gasteiger partial charge in [-0.3, -0.25) is 0 Å². The molecule has 0 radical (unpaired) electrons. The molecule has 1 aliphatic heterocycles. The number of benzene rings is 1. The molecule has 1 aliphatic rings. The number of nitrogens with zero attached hydrogens (tertiary/aromatic N) is 2. The lowest BCUT2D eigenvalue weighted by atomic mass is 10.2. The zero-order chi connectivity index (χ0) is 13.4. The summed E-state index contributed by atoms with van der Waals surface area (Å²) in [4.78, 5) is 15.7. The Morgan fingerprint density at radius 3 is 3.00 bits per heavy atom. The molecular weight excluding hydrogens is 260 g/mol. The Morgan fingerprint density at radius 1 is 1.47 bits per heavy atom. The molecule has 1 N–H and O–H groups in total. The van der Waals surface area contributed by atoms with Crippen LogP contribution in [0.5, 0.6) is 0 Å². The van der Waals surface area contributed by atoms with E-state index in [1.54, 1.807) is 12.1 Å². The van der Waals surface area contributed by atoms with Gasteiger partial charge in [0.15, 0.2) is 0 Å². The summed E-state index contributed by atoms with van der Waals surface area (Å²) in [7, 11) is 2.01. The number of carboxylic acid groups (broad SMARTS) is 1. The van der Waals surface area contributed by atoms with E-state index in [0.29, 0.717) is 10.8 Å². The minimum atomic E-state index is -0.902. The van der Waals surface area contributed by atoms with Crippen LogP contribution >= 0.6 is 11.8 Å². The third-order valence-corrected chi connectivity index (χ3v) is 5.00. The normalized spacial score (nSPS) is 19.7. The fraction of sp³-hybridized carbons (Fsp3) is 0.429. The van der Waals surface area contributed by atoms with Crippen molar-refractivity contribution in [3.05, 3.63) is 29.6 Å². The van der Waals surface area contributed by atoms with E-state index >= 15 is 0 Å². The Labute approximate surface area is 115 Å². The zero-order valence-electron chi connectivity index (χ0n) is 10.8. The summed E-state index contributed by atoms with van der Waals surface area (Å²) in [5.41, 5.74) is 2.09. The Morgan fingerprint density at radius 2 is 2.32 bits per heavy atom. The third-order valence-electron chi connectivity index (χ3n) is 3.63. The second-order valence-electron chi connectivity index (χ2n) is 4.89. The largest absolute Gasteiger partial charge is 0.478 e. The number of aromatic nitrogens is 2. The summed E-state index contributed by atoms with van der Waals surface area (Å²) >= 11 is 1.96. The van der Waals surface area contributed by atoms with E-state index < -0.39 is 5.97 Å². The van der Waals surface area contributed by atoms with E-state index in [2.05, 4.69) is 9.55 Å². The van der Waals surface area contributed by atoms with Gasteiger partial charge < -0.3 is 9.67 Å². The Bertz CT molecular complexity index is 630. The minimum absolute atomic E-state index is 0.299. The first kappa shape index (κ1) is 12.5. The molecule has 1 unspecified atom stereocenters. The lowest BCUT2D eigenvalue weighted by Crippen LogP contribution is -2.07. The van der Waals surface area contributed by atoms with Crippen LogP contribution in [0.3, 0.4) is 0 Å². The molecular formula is C14H16N2O2S. The standard InChI is InChI=1S/C14H16N2O2S/c1-16-11-6-5-9(14(17)18)8-10(11)15-13(16)12-4-2-3-7-19-12/h5-6,8,12H,2-4,7H2,1H3,(H,17,18). The molecule has 3 rings (SSSR count). The van der Waals surface area contributed by atoms with Gasteiger partial charge in [0.05, 0.1) is 21.8 Å². The first-order valence-electron chi connectivity index (χ1n) is 6.48. The highest BCUT2D eigenvalue weighted by molar-refractivity contribution is 7.99. The van der Waals surface area contributed by atoms with E-state index in [4.69, 9.17) is 5.11 Å². The van der Waals surface area contributed by atoms with Crippen LogP contribution in [0.15, 0.2) is 18.2 Å². The molecule has 100 valence electrons. The highest BCUT2D eigenvalue weighted by Crippen LogP contribution is 2.38. The number of rotatable bonds is 2. The molecule has 1 aromatic heterocycles. The van der Waals surface area contributed by atoms with Crippen molar-refractivity contribution in [1.82, 2.24) is 9.55 Å². The molecule has 0 bridgehead atoms. The number of hydrogen-bond acceptors (Lipinski definition) is 3. The van der Waals surface area contributed by atoms with Gasteiger partial charge in [0.25, 0.3) is 0 Å². The topological polar surface area (TPSA) is 55.1 Å². The van der Waals surface area contributed by atoms with Gasteiger partial charge in [-0.15, -0.1) is 0 Å². The summed E-state index contributed by atoms with van der Waals surface area (Å²) in [5.74, 6) is 1.36. The van der Waals surface area contributed by atoms with Crippen molar-refractivity contribution in [2.24, 2.45) is 7.05 Å². The predicted molar refractivity (Wildman–Crippen MR) is 76.7 cm³/mol. The van der Waals surface area contributed by atoms with Gasteiger partial charge in [0.2, 0.25) is 0 Å². The lowest BCUT2D eigenvalue weighted by molar-refractivity contribution is 0.0697. The lowest BCUT2D eigenvalue weighted by Gasteiger charge is -2.20. The van der Waals surface area contributed by atoms with Gasteiger partial charge in [-0.2, -0.15) is 11.8 Å². The summed E-state index contributed by atoms with van der Waals surface area (Å²) in [5, 5.41) is 9.47. The fourth-order valence-corrected chi connectivity index (χ4v) is 3.93. The smallest absolute Gasteiger partial charge is 0.335 e. The van der Waals surface area contributed by atoms with Crippen LogP contribution in [0.4, 0.5) is 0 Å². The van der Waals surface area contributed by atoms with Crippen molar-refractivity contribution in [3.8, 4) is 0 Å². The van der Waals surface area contributed by atoms with Crippen molar-refractivity contribution < 1.29 is 9.90 Å². The molecule has 0 aliphatic carbocycles. The van der Waals surface area contributed by atoms with Gasteiger partial charge in [-0.05, 0) is 36.8 Å². The molecule has 0 spiro atoms. The molecule has 4 nitrogen and oxygen atoms in total. The molecule has 1 fully saturated rings. The van der Waals surface area contributed by atoms with E-state index in [-0.39, 0.29) is 0 Å². The van der Waals surface area contributed by atoms with Crippen LogP contribution in [0.25, 0.3) is 11.0 Å². The second-order valence-corrected chi connectivity index (χ2v) is 6.20. The summed E-state index contributed by atoms with van der Waals surface area (Å²) < 4.78 is 2.10. The first-order chi connectivity index (χ1) is 9.16. The number of carbonyl (C=O) groups is 1. The van der Waals surface area contributed by atoms with Crippen molar-refractivity contribution in [1.29, 1.82) is 0 Å². The molecule has 1 saturated heterocycles. The maximum absolute atomic E-state index is 11.0. The number of fused-ring (bicyclic) bond motifs is 1. The summed E-state index contributed by atoms with van der Waals surface area (Å²) in [6, 6.07) is 5.15. The van der Waals surface area contributed by atoms with Crippen molar-refractivity contribution >= 4 is 28.8 Å². The molecule has 0 amide bonds. The molecule has 19 heavy (non-hydrogen) atoms. The average Bonchev–Trinajstić information content (AvgIpc) is 2.76. The number of thioether (sulfide) groups is 1. The molecule has 1 aromatic carbocycles. The van der Waals surface area contributed by atoms with E-state index in [1.807, 2.05) is 24.9 Å². The van der Waals surface area contributed by atoms with Crippen LogP contribution in [-0.2, 0) is 7.05 Å². The van der Waals surface area contributed by atoms with Gasteiger partial charge in [0, 0.05) is 7.05 Å².